The molecular weight excluding hydrogens is 228 g/mol. The van der Waals surface area contributed by atoms with E-state index in [4.69, 9.17) is 5.11 Å². The van der Waals surface area contributed by atoms with E-state index in [1.54, 1.807) is 6.20 Å². The van der Waals surface area contributed by atoms with E-state index in [1.165, 1.54) is 5.56 Å². The number of amidine groups is 1. The van der Waals surface area contributed by atoms with Crippen LogP contribution in [-0.2, 0) is 0 Å². The first-order chi connectivity index (χ1) is 8.73. The van der Waals surface area contributed by atoms with Crippen LogP contribution < -0.4 is 4.48 Å². The van der Waals surface area contributed by atoms with Crippen LogP contribution >= 0.6 is 0 Å². The Balaban J connectivity index is 2.39. The van der Waals surface area contributed by atoms with E-state index in [0.29, 0.717) is 23.3 Å². The standard InChI is InChI=1S/C14H19N2O2/c1-12-3-5-13(6-4-12)16(8-2-10-17)9-7-15-14(16)11-18/h3-7,9,17-18H,2,8,10-11H2,1H3/q+1. The van der Waals surface area contributed by atoms with Crippen molar-refractivity contribution in [2.24, 2.45) is 4.99 Å². The maximum Gasteiger partial charge on any atom is 0.238 e. The fraction of sp³-hybridized carbons (Fsp3) is 0.357. The highest BCUT2D eigenvalue weighted by Crippen LogP contribution is 2.29. The molecule has 1 atom stereocenters. The number of rotatable bonds is 5. The number of aliphatic hydroxyl groups excluding tert-OH is 2. The van der Waals surface area contributed by atoms with Gasteiger partial charge in [0.25, 0.3) is 0 Å². The van der Waals surface area contributed by atoms with Gasteiger partial charge in [-0.1, -0.05) is 17.7 Å². The lowest BCUT2D eigenvalue weighted by atomic mass is 10.1. The van der Waals surface area contributed by atoms with E-state index >= 15 is 0 Å². The summed E-state index contributed by atoms with van der Waals surface area (Å²) in [6, 6.07) is 8.20. The minimum atomic E-state index is -0.0771. The summed E-state index contributed by atoms with van der Waals surface area (Å²) in [5.41, 5.74) is 2.26. The van der Waals surface area contributed by atoms with Gasteiger partial charge >= 0.3 is 0 Å². The molecule has 0 bridgehead atoms. The SMILES string of the molecule is Cc1ccc([N+]2(CCCO)C=CN=C2CO)cc1. The summed E-state index contributed by atoms with van der Waals surface area (Å²) in [5, 5.41) is 18.5. The van der Waals surface area contributed by atoms with Crippen LogP contribution in [0.4, 0.5) is 5.69 Å². The summed E-state index contributed by atoms with van der Waals surface area (Å²) in [5.74, 6) is 0.701. The normalized spacial score (nSPS) is 22.3. The zero-order valence-corrected chi connectivity index (χ0v) is 10.6. The van der Waals surface area contributed by atoms with E-state index in [9.17, 15) is 5.11 Å². The summed E-state index contributed by atoms with van der Waals surface area (Å²) in [6.07, 6.45) is 4.35. The van der Waals surface area contributed by atoms with Crippen molar-refractivity contribution in [1.29, 1.82) is 0 Å². The highest BCUT2D eigenvalue weighted by atomic mass is 16.3. The van der Waals surface area contributed by atoms with E-state index < -0.39 is 0 Å². The van der Waals surface area contributed by atoms with Crippen LogP contribution in [-0.4, -0.2) is 35.8 Å². The molecule has 0 saturated carbocycles. The number of aliphatic imine (C=N–C) groups is 1. The summed E-state index contributed by atoms with van der Waals surface area (Å²) < 4.78 is 0.414. The third-order valence-corrected chi connectivity index (χ3v) is 3.31. The first kappa shape index (κ1) is 13.0. The third kappa shape index (κ3) is 2.22. The van der Waals surface area contributed by atoms with Gasteiger partial charge < -0.3 is 10.2 Å². The van der Waals surface area contributed by atoms with E-state index in [1.807, 2.05) is 25.3 Å². The molecule has 1 aromatic carbocycles. The number of hydrogen-bond acceptors (Lipinski definition) is 3. The molecule has 1 aliphatic rings. The van der Waals surface area contributed by atoms with Crippen LogP contribution in [0.2, 0.25) is 0 Å². The molecule has 1 heterocycles. The van der Waals surface area contributed by atoms with Crippen molar-refractivity contribution in [3.05, 3.63) is 42.2 Å². The zero-order valence-electron chi connectivity index (χ0n) is 10.6. The Labute approximate surface area is 107 Å². The summed E-state index contributed by atoms with van der Waals surface area (Å²) in [4.78, 5) is 4.24. The second-order valence-corrected chi connectivity index (χ2v) is 4.51. The Hall–Kier alpha value is -1.49. The second-order valence-electron chi connectivity index (χ2n) is 4.51. The third-order valence-electron chi connectivity index (χ3n) is 3.31. The van der Waals surface area contributed by atoms with Gasteiger partial charge in [-0.2, -0.15) is 0 Å². The van der Waals surface area contributed by atoms with Gasteiger partial charge in [0.05, 0.1) is 12.7 Å². The Morgan fingerprint density at radius 3 is 2.50 bits per heavy atom. The van der Waals surface area contributed by atoms with Gasteiger partial charge in [-0.05, 0) is 6.92 Å². The number of aryl methyl sites for hydroxylation is 1. The van der Waals surface area contributed by atoms with E-state index in [0.717, 1.165) is 5.69 Å². The van der Waals surface area contributed by atoms with Crippen LogP contribution in [0, 0.1) is 6.92 Å². The molecule has 0 fully saturated rings. The average Bonchev–Trinajstić information content (AvgIpc) is 2.81. The molecule has 96 valence electrons. The lowest BCUT2D eigenvalue weighted by molar-refractivity contribution is 0.274. The van der Waals surface area contributed by atoms with Gasteiger partial charge in [-0.3, -0.25) is 0 Å². The molecule has 18 heavy (non-hydrogen) atoms. The second kappa shape index (κ2) is 5.44. The minimum Gasteiger partial charge on any atom is -0.396 e. The van der Waals surface area contributed by atoms with Crippen LogP contribution in [0.3, 0.4) is 0 Å². The number of aliphatic hydroxyl groups is 2. The molecule has 0 radical (unpaired) electrons. The number of benzene rings is 1. The van der Waals surface area contributed by atoms with Crippen LogP contribution in [0.25, 0.3) is 0 Å². The van der Waals surface area contributed by atoms with E-state index in [-0.39, 0.29) is 13.2 Å². The average molecular weight is 247 g/mol. The molecule has 4 nitrogen and oxygen atoms in total. The van der Waals surface area contributed by atoms with Crippen LogP contribution in [0.15, 0.2) is 41.7 Å². The zero-order chi connectivity index (χ0) is 13.0. The lowest BCUT2D eigenvalue weighted by Gasteiger charge is -2.31. The molecule has 2 N–H and O–H groups in total. The number of nitrogens with zero attached hydrogens (tertiary/aromatic N) is 2. The quantitative estimate of drug-likeness (QED) is 0.776. The van der Waals surface area contributed by atoms with Crippen LogP contribution in [0.5, 0.6) is 0 Å². The van der Waals surface area contributed by atoms with Crippen molar-refractivity contribution in [3.8, 4) is 0 Å². The maximum absolute atomic E-state index is 9.47. The minimum absolute atomic E-state index is 0.0771. The van der Waals surface area contributed by atoms with Crippen molar-refractivity contribution in [1.82, 2.24) is 4.48 Å². The van der Waals surface area contributed by atoms with E-state index in [2.05, 4.69) is 17.1 Å². The van der Waals surface area contributed by atoms with Crippen molar-refractivity contribution in [3.63, 3.8) is 0 Å². The number of quaternary nitrogens is 1. The topological polar surface area (TPSA) is 52.8 Å². The monoisotopic (exact) mass is 247 g/mol. The molecule has 0 aromatic heterocycles. The molecule has 0 saturated heterocycles. The number of hydrogen-bond donors (Lipinski definition) is 2. The molecule has 0 aliphatic carbocycles. The molecule has 2 rings (SSSR count). The first-order valence-corrected chi connectivity index (χ1v) is 6.14. The lowest BCUT2D eigenvalue weighted by Crippen LogP contribution is -2.50. The molecule has 1 aromatic rings. The smallest absolute Gasteiger partial charge is 0.238 e. The van der Waals surface area contributed by atoms with Crippen molar-refractivity contribution in [2.45, 2.75) is 13.3 Å². The van der Waals surface area contributed by atoms with Crippen molar-refractivity contribution >= 4 is 11.5 Å². The highest BCUT2D eigenvalue weighted by molar-refractivity contribution is 5.97. The molecule has 0 amide bonds. The highest BCUT2D eigenvalue weighted by Gasteiger charge is 2.36. The molecular formula is C14H19N2O2+. The molecule has 4 heteroatoms. The first-order valence-electron chi connectivity index (χ1n) is 6.14. The van der Waals surface area contributed by atoms with Gasteiger partial charge in [0.2, 0.25) is 5.84 Å². The largest absolute Gasteiger partial charge is 0.396 e. The Morgan fingerprint density at radius 1 is 1.17 bits per heavy atom. The predicted octanol–water partition coefficient (Wildman–Crippen LogP) is 1.56. The molecule has 0 spiro atoms. The Bertz CT molecular complexity index is 465. The molecule has 1 aliphatic heterocycles. The van der Waals surface area contributed by atoms with Gasteiger partial charge in [0.15, 0.2) is 0 Å². The summed E-state index contributed by atoms with van der Waals surface area (Å²) in [6.45, 7) is 2.81. The Kier molecular flexibility index (Phi) is 3.91. The van der Waals surface area contributed by atoms with Gasteiger partial charge in [0, 0.05) is 25.2 Å². The van der Waals surface area contributed by atoms with Crippen molar-refractivity contribution < 1.29 is 10.2 Å². The Morgan fingerprint density at radius 2 is 1.89 bits per heavy atom. The van der Waals surface area contributed by atoms with Gasteiger partial charge in [-0.15, -0.1) is 0 Å². The fourth-order valence-corrected chi connectivity index (χ4v) is 2.29. The van der Waals surface area contributed by atoms with Crippen molar-refractivity contribution in [2.75, 3.05) is 19.8 Å². The van der Waals surface area contributed by atoms with Crippen LogP contribution in [0.1, 0.15) is 12.0 Å². The molecule has 1 unspecified atom stereocenters. The predicted molar refractivity (Wildman–Crippen MR) is 73.2 cm³/mol. The maximum atomic E-state index is 9.47. The summed E-state index contributed by atoms with van der Waals surface area (Å²) in [7, 11) is 0. The fourth-order valence-electron chi connectivity index (χ4n) is 2.29. The van der Waals surface area contributed by atoms with Gasteiger partial charge in [-0.25, -0.2) is 9.48 Å². The summed E-state index contributed by atoms with van der Waals surface area (Å²) >= 11 is 0. The van der Waals surface area contributed by atoms with Gasteiger partial charge in [0.1, 0.15) is 18.5 Å².